The number of piperidine rings is 1. The zero-order valence-electron chi connectivity index (χ0n) is 10.4. The first-order valence-corrected chi connectivity index (χ1v) is 6.51. The Hall–Kier alpha value is -0.650. The van der Waals surface area contributed by atoms with E-state index in [2.05, 4.69) is 10.1 Å². The Balaban J connectivity index is 1.72. The molecule has 0 radical (unpaired) electrons. The van der Waals surface area contributed by atoms with Crippen molar-refractivity contribution in [3.63, 3.8) is 0 Å². The highest BCUT2D eigenvalue weighted by Crippen LogP contribution is 2.47. The molecule has 0 amide bonds. The van der Waals surface area contributed by atoms with Gasteiger partial charge in [0.2, 0.25) is 0 Å². The van der Waals surface area contributed by atoms with Gasteiger partial charge in [-0.3, -0.25) is 0 Å². The van der Waals surface area contributed by atoms with Gasteiger partial charge in [-0.25, -0.2) is 0 Å². The molecule has 0 atom stereocenters. The van der Waals surface area contributed by atoms with Gasteiger partial charge >= 0.3 is 6.18 Å². The molecule has 0 spiro atoms. The average Bonchev–Trinajstić information content (AvgIpc) is 3.00. The van der Waals surface area contributed by atoms with E-state index in [9.17, 15) is 18.1 Å². The van der Waals surface area contributed by atoms with Crippen molar-refractivity contribution in [2.24, 2.45) is 16.5 Å². The standard InChI is InChI=1S/C12H19F3N2O/c13-12(14,15)7-10-1-5-17(6-2-10)9-11(3-4-11)8-16-18/h10H,1-9H2. The Morgan fingerprint density at radius 2 is 1.83 bits per heavy atom. The summed E-state index contributed by atoms with van der Waals surface area (Å²) in [5, 5.41) is 2.97. The molecule has 104 valence electrons. The Bertz CT molecular complexity index is 294. The van der Waals surface area contributed by atoms with Crippen LogP contribution < -0.4 is 0 Å². The SMILES string of the molecule is O=NCC1(CN2CCC(CC(F)(F)F)CC2)CC1. The van der Waals surface area contributed by atoms with Gasteiger partial charge in [0.25, 0.3) is 0 Å². The quantitative estimate of drug-likeness (QED) is 0.714. The van der Waals surface area contributed by atoms with E-state index in [-0.39, 0.29) is 11.3 Å². The Morgan fingerprint density at radius 3 is 2.28 bits per heavy atom. The maximum absolute atomic E-state index is 12.3. The predicted octanol–water partition coefficient (Wildman–Crippen LogP) is 3.20. The molecule has 0 aromatic heterocycles. The van der Waals surface area contributed by atoms with E-state index in [1.807, 2.05) is 0 Å². The molecule has 6 heteroatoms. The molecule has 2 rings (SSSR count). The highest BCUT2D eigenvalue weighted by Gasteiger charge is 2.45. The first-order chi connectivity index (χ1) is 8.42. The molecule has 0 bridgehead atoms. The number of nitroso groups, excluding NO2 is 1. The molecule has 2 aliphatic rings. The summed E-state index contributed by atoms with van der Waals surface area (Å²) in [5.74, 6) is -0.222. The van der Waals surface area contributed by atoms with Gasteiger partial charge in [-0.05, 0) is 44.7 Å². The largest absolute Gasteiger partial charge is 0.389 e. The van der Waals surface area contributed by atoms with Crippen LogP contribution in [0.2, 0.25) is 0 Å². The molecule has 0 N–H and O–H groups in total. The lowest BCUT2D eigenvalue weighted by Crippen LogP contribution is -2.39. The van der Waals surface area contributed by atoms with Crippen LogP contribution in [0.4, 0.5) is 13.2 Å². The van der Waals surface area contributed by atoms with Crippen molar-refractivity contribution in [1.29, 1.82) is 0 Å². The minimum absolute atomic E-state index is 0.0542. The van der Waals surface area contributed by atoms with Crippen LogP contribution in [-0.4, -0.2) is 37.3 Å². The van der Waals surface area contributed by atoms with Gasteiger partial charge in [-0.2, -0.15) is 18.1 Å². The van der Waals surface area contributed by atoms with Gasteiger partial charge in [-0.15, -0.1) is 0 Å². The molecular formula is C12H19F3N2O. The van der Waals surface area contributed by atoms with Crippen molar-refractivity contribution in [2.45, 2.75) is 38.3 Å². The van der Waals surface area contributed by atoms with Crippen molar-refractivity contribution < 1.29 is 13.2 Å². The van der Waals surface area contributed by atoms with Gasteiger partial charge in [0.15, 0.2) is 0 Å². The lowest BCUT2D eigenvalue weighted by molar-refractivity contribution is -0.147. The van der Waals surface area contributed by atoms with Crippen molar-refractivity contribution >= 4 is 0 Å². The molecule has 2 fully saturated rings. The van der Waals surface area contributed by atoms with E-state index in [1.165, 1.54) is 0 Å². The summed E-state index contributed by atoms with van der Waals surface area (Å²) >= 11 is 0. The van der Waals surface area contributed by atoms with E-state index >= 15 is 0 Å². The van der Waals surface area contributed by atoms with Crippen LogP contribution in [0.3, 0.4) is 0 Å². The van der Waals surface area contributed by atoms with E-state index in [1.54, 1.807) is 0 Å². The molecule has 1 saturated carbocycles. The van der Waals surface area contributed by atoms with Crippen LogP contribution in [0.25, 0.3) is 0 Å². The highest BCUT2D eigenvalue weighted by molar-refractivity contribution is 4.97. The zero-order chi connectivity index (χ0) is 13.2. The first kappa shape index (κ1) is 13.8. The van der Waals surface area contributed by atoms with Crippen molar-refractivity contribution in [3.05, 3.63) is 4.91 Å². The molecule has 1 saturated heterocycles. The maximum atomic E-state index is 12.3. The first-order valence-electron chi connectivity index (χ1n) is 6.51. The third-order valence-corrected chi connectivity index (χ3v) is 4.14. The second-order valence-corrected chi connectivity index (χ2v) is 5.83. The summed E-state index contributed by atoms with van der Waals surface area (Å²) in [4.78, 5) is 12.5. The summed E-state index contributed by atoms with van der Waals surface area (Å²) in [5.41, 5.74) is 0.0542. The number of hydrogen-bond acceptors (Lipinski definition) is 3. The van der Waals surface area contributed by atoms with Crippen LogP contribution in [0.1, 0.15) is 32.1 Å². The maximum Gasteiger partial charge on any atom is 0.389 e. The van der Waals surface area contributed by atoms with E-state index in [0.29, 0.717) is 19.4 Å². The number of alkyl halides is 3. The summed E-state index contributed by atoms with van der Waals surface area (Å²) in [6.07, 6.45) is -1.40. The molecule has 1 aliphatic heterocycles. The lowest BCUT2D eigenvalue weighted by Gasteiger charge is -2.34. The Labute approximate surface area is 105 Å². The van der Waals surface area contributed by atoms with Gasteiger partial charge in [0.05, 0.1) is 6.54 Å². The zero-order valence-corrected chi connectivity index (χ0v) is 10.4. The molecule has 0 aromatic carbocycles. The smallest absolute Gasteiger partial charge is 0.303 e. The Morgan fingerprint density at radius 1 is 1.22 bits per heavy atom. The number of hydrogen-bond donors (Lipinski definition) is 0. The van der Waals surface area contributed by atoms with E-state index in [0.717, 1.165) is 32.5 Å². The number of rotatable bonds is 5. The fraction of sp³-hybridized carbons (Fsp3) is 1.00. The molecule has 0 unspecified atom stereocenters. The van der Waals surface area contributed by atoms with E-state index < -0.39 is 12.6 Å². The van der Waals surface area contributed by atoms with Crippen molar-refractivity contribution in [2.75, 3.05) is 26.2 Å². The van der Waals surface area contributed by atoms with Crippen LogP contribution in [0, 0.1) is 16.2 Å². The van der Waals surface area contributed by atoms with Crippen LogP contribution in [0.15, 0.2) is 5.18 Å². The fourth-order valence-electron chi connectivity index (χ4n) is 2.83. The molecule has 1 aliphatic carbocycles. The third-order valence-electron chi connectivity index (χ3n) is 4.14. The Kier molecular flexibility index (Phi) is 3.94. The second kappa shape index (κ2) is 5.15. The van der Waals surface area contributed by atoms with Crippen LogP contribution in [0.5, 0.6) is 0 Å². The minimum atomic E-state index is -4.04. The molecular weight excluding hydrogens is 245 g/mol. The van der Waals surface area contributed by atoms with Gasteiger partial charge < -0.3 is 4.90 Å². The van der Waals surface area contributed by atoms with Gasteiger partial charge in [0.1, 0.15) is 0 Å². The average molecular weight is 264 g/mol. The monoisotopic (exact) mass is 264 g/mol. The summed E-state index contributed by atoms with van der Waals surface area (Å²) < 4.78 is 36.8. The highest BCUT2D eigenvalue weighted by atomic mass is 19.4. The van der Waals surface area contributed by atoms with E-state index in [4.69, 9.17) is 0 Å². The van der Waals surface area contributed by atoms with Crippen molar-refractivity contribution in [1.82, 2.24) is 4.90 Å². The van der Waals surface area contributed by atoms with Gasteiger partial charge in [0, 0.05) is 18.4 Å². The van der Waals surface area contributed by atoms with Gasteiger partial charge in [-0.1, -0.05) is 5.18 Å². The minimum Gasteiger partial charge on any atom is -0.303 e. The van der Waals surface area contributed by atoms with Crippen LogP contribution in [-0.2, 0) is 0 Å². The molecule has 3 nitrogen and oxygen atoms in total. The van der Waals surface area contributed by atoms with Crippen molar-refractivity contribution in [3.8, 4) is 0 Å². The number of nitrogens with zero attached hydrogens (tertiary/aromatic N) is 2. The molecule has 18 heavy (non-hydrogen) atoms. The molecule has 0 aromatic rings. The lowest BCUT2D eigenvalue weighted by atomic mass is 9.92. The summed E-state index contributed by atoms with van der Waals surface area (Å²) in [6.45, 7) is 2.63. The summed E-state index contributed by atoms with van der Waals surface area (Å²) in [6, 6.07) is 0. The normalized spacial score (nSPS) is 25.1. The third kappa shape index (κ3) is 3.93. The second-order valence-electron chi connectivity index (χ2n) is 5.83. The number of likely N-dealkylation sites (tertiary alicyclic amines) is 1. The topological polar surface area (TPSA) is 32.7 Å². The summed E-state index contributed by atoms with van der Waals surface area (Å²) in [7, 11) is 0. The number of halogens is 3. The fourth-order valence-corrected chi connectivity index (χ4v) is 2.83. The molecule has 1 heterocycles. The predicted molar refractivity (Wildman–Crippen MR) is 62.2 cm³/mol. The van der Waals surface area contributed by atoms with Crippen LogP contribution >= 0.6 is 0 Å².